The van der Waals surface area contributed by atoms with Crippen molar-refractivity contribution in [3.8, 4) is 0 Å². The SMILES string of the molecule is CC(C)(C)OC(=O)N1CC(CO)C2CCN(C(=O)OCc3ccccc3)CC21. The molecule has 3 atom stereocenters. The van der Waals surface area contributed by atoms with Crippen LogP contribution in [0.2, 0.25) is 0 Å². The molecule has 0 aromatic heterocycles. The highest BCUT2D eigenvalue weighted by Gasteiger charge is 2.48. The smallest absolute Gasteiger partial charge is 0.410 e. The van der Waals surface area contributed by atoms with E-state index in [9.17, 15) is 14.7 Å². The van der Waals surface area contributed by atoms with Gasteiger partial charge in [-0.1, -0.05) is 30.3 Å². The monoisotopic (exact) mass is 390 g/mol. The maximum Gasteiger partial charge on any atom is 0.410 e. The van der Waals surface area contributed by atoms with Crippen molar-refractivity contribution >= 4 is 12.2 Å². The Morgan fingerprint density at radius 3 is 2.50 bits per heavy atom. The lowest BCUT2D eigenvalue weighted by atomic mass is 9.85. The van der Waals surface area contributed by atoms with Gasteiger partial charge in [-0.15, -0.1) is 0 Å². The summed E-state index contributed by atoms with van der Waals surface area (Å²) in [6, 6.07) is 9.38. The number of benzene rings is 1. The average Bonchev–Trinajstić information content (AvgIpc) is 3.03. The van der Waals surface area contributed by atoms with Crippen molar-refractivity contribution in [2.24, 2.45) is 11.8 Å². The van der Waals surface area contributed by atoms with Crippen LogP contribution in [0.25, 0.3) is 0 Å². The van der Waals surface area contributed by atoms with Crippen LogP contribution in [-0.2, 0) is 16.1 Å². The molecule has 1 N–H and O–H groups in total. The molecular formula is C21H30N2O5. The molecule has 2 saturated heterocycles. The van der Waals surface area contributed by atoms with Crippen LogP contribution in [0.15, 0.2) is 30.3 Å². The van der Waals surface area contributed by atoms with Crippen molar-refractivity contribution in [1.82, 2.24) is 9.80 Å². The Labute approximate surface area is 166 Å². The molecule has 0 saturated carbocycles. The number of piperidine rings is 1. The molecule has 2 amide bonds. The van der Waals surface area contributed by atoms with Gasteiger partial charge in [0.25, 0.3) is 0 Å². The number of hydrogen-bond donors (Lipinski definition) is 1. The van der Waals surface area contributed by atoms with Crippen LogP contribution in [0.1, 0.15) is 32.8 Å². The first-order valence-corrected chi connectivity index (χ1v) is 9.84. The lowest BCUT2D eigenvalue weighted by molar-refractivity contribution is 0.0107. The number of fused-ring (bicyclic) bond motifs is 1. The molecule has 0 radical (unpaired) electrons. The van der Waals surface area contributed by atoms with Crippen LogP contribution >= 0.6 is 0 Å². The van der Waals surface area contributed by atoms with E-state index in [1.165, 1.54) is 0 Å². The number of hydrogen-bond acceptors (Lipinski definition) is 5. The summed E-state index contributed by atoms with van der Waals surface area (Å²) < 4.78 is 11.0. The van der Waals surface area contributed by atoms with E-state index in [2.05, 4.69) is 0 Å². The molecule has 1 aromatic rings. The number of ether oxygens (including phenoxy) is 2. The Kier molecular flexibility index (Phi) is 6.13. The van der Waals surface area contributed by atoms with Gasteiger partial charge in [-0.2, -0.15) is 0 Å². The topological polar surface area (TPSA) is 79.3 Å². The lowest BCUT2D eigenvalue weighted by Crippen LogP contribution is -2.52. The summed E-state index contributed by atoms with van der Waals surface area (Å²) in [5.74, 6) is 0.177. The Hall–Kier alpha value is -2.28. The second kappa shape index (κ2) is 8.39. The fourth-order valence-electron chi connectivity index (χ4n) is 4.05. The second-order valence-electron chi connectivity index (χ2n) is 8.58. The fraction of sp³-hybridized carbons (Fsp3) is 0.619. The molecule has 0 aliphatic carbocycles. The molecule has 3 unspecified atom stereocenters. The first-order chi connectivity index (χ1) is 13.3. The van der Waals surface area contributed by atoms with Gasteiger partial charge in [0.05, 0.1) is 6.04 Å². The maximum absolute atomic E-state index is 12.7. The molecule has 0 bridgehead atoms. The van der Waals surface area contributed by atoms with Crippen LogP contribution in [0.5, 0.6) is 0 Å². The summed E-state index contributed by atoms with van der Waals surface area (Å²) >= 11 is 0. The highest BCUT2D eigenvalue weighted by atomic mass is 16.6. The predicted octanol–water partition coefficient (Wildman–Crippen LogP) is 2.87. The fourth-order valence-corrected chi connectivity index (χ4v) is 4.05. The van der Waals surface area contributed by atoms with Crippen LogP contribution in [0, 0.1) is 11.8 Å². The van der Waals surface area contributed by atoms with Crippen molar-refractivity contribution in [3.63, 3.8) is 0 Å². The number of rotatable bonds is 3. The highest BCUT2D eigenvalue weighted by molar-refractivity contribution is 5.70. The van der Waals surface area contributed by atoms with Crippen molar-refractivity contribution in [2.45, 2.75) is 45.4 Å². The van der Waals surface area contributed by atoms with E-state index in [0.29, 0.717) is 19.6 Å². The third kappa shape index (κ3) is 4.76. The normalized spacial score (nSPS) is 24.6. The van der Waals surface area contributed by atoms with Gasteiger partial charge in [0.15, 0.2) is 0 Å². The number of aliphatic hydroxyl groups is 1. The first kappa shape index (κ1) is 20.5. The molecule has 3 rings (SSSR count). The van der Waals surface area contributed by atoms with Crippen molar-refractivity contribution < 1.29 is 24.2 Å². The van der Waals surface area contributed by atoms with Gasteiger partial charge in [-0.05, 0) is 38.7 Å². The van der Waals surface area contributed by atoms with Gasteiger partial charge in [0.1, 0.15) is 12.2 Å². The third-order valence-electron chi connectivity index (χ3n) is 5.40. The second-order valence-corrected chi connectivity index (χ2v) is 8.58. The molecule has 2 heterocycles. The number of likely N-dealkylation sites (tertiary alicyclic amines) is 2. The number of amides is 2. The van der Waals surface area contributed by atoms with Crippen molar-refractivity contribution in [1.29, 1.82) is 0 Å². The van der Waals surface area contributed by atoms with Crippen LogP contribution < -0.4 is 0 Å². The first-order valence-electron chi connectivity index (χ1n) is 9.84. The lowest BCUT2D eigenvalue weighted by Gasteiger charge is -2.38. The van der Waals surface area contributed by atoms with Gasteiger partial charge in [-0.3, -0.25) is 0 Å². The molecule has 2 aliphatic rings. The summed E-state index contributed by atoms with van der Waals surface area (Å²) in [5.41, 5.74) is 0.342. The minimum absolute atomic E-state index is 0.0139. The van der Waals surface area contributed by atoms with Crippen molar-refractivity contribution in [2.75, 3.05) is 26.2 Å². The molecular weight excluding hydrogens is 360 g/mol. The number of nitrogens with zero attached hydrogens (tertiary/aromatic N) is 2. The molecule has 28 heavy (non-hydrogen) atoms. The Bertz CT molecular complexity index is 688. The van der Waals surface area contributed by atoms with E-state index in [-0.39, 0.29) is 37.2 Å². The van der Waals surface area contributed by atoms with Crippen molar-refractivity contribution in [3.05, 3.63) is 35.9 Å². The van der Waals surface area contributed by atoms with E-state index in [4.69, 9.17) is 9.47 Å². The average molecular weight is 390 g/mol. The summed E-state index contributed by atoms with van der Waals surface area (Å²) in [4.78, 5) is 28.5. The minimum atomic E-state index is -0.590. The highest BCUT2D eigenvalue weighted by Crippen LogP contribution is 2.37. The van der Waals surface area contributed by atoms with E-state index < -0.39 is 11.7 Å². The van der Waals surface area contributed by atoms with Gasteiger partial charge in [-0.25, -0.2) is 9.59 Å². The van der Waals surface area contributed by atoms with Gasteiger partial charge in [0.2, 0.25) is 0 Å². The number of carbonyl (C=O) groups excluding carboxylic acids is 2. The predicted molar refractivity (Wildman–Crippen MR) is 104 cm³/mol. The molecule has 1 aromatic carbocycles. The van der Waals surface area contributed by atoms with Gasteiger partial charge < -0.3 is 24.4 Å². The summed E-state index contributed by atoms with van der Waals surface area (Å²) in [5, 5.41) is 9.74. The zero-order valence-electron chi connectivity index (χ0n) is 16.8. The Morgan fingerprint density at radius 2 is 1.86 bits per heavy atom. The standard InChI is InChI=1S/C21H30N2O5/c1-21(2,3)28-20(26)23-11-16(13-24)17-9-10-22(12-18(17)23)19(25)27-14-15-7-5-4-6-8-15/h4-8,16-18,24H,9-14H2,1-3H3. The van der Waals surface area contributed by atoms with E-state index in [0.717, 1.165) is 12.0 Å². The third-order valence-corrected chi connectivity index (χ3v) is 5.40. The van der Waals surface area contributed by atoms with E-state index >= 15 is 0 Å². The van der Waals surface area contributed by atoms with Crippen LogP contribution in [0.3, 0.4) is 0 Å². The minimum Gasteiger partial charge on any atom is -0.445 e. The molecule has 0 spiro atoms. The molecule has 7 heteroatoms. The zero-order valence-corrected chi connectivity index (χ0v) is 16.8. The Balaban J connectivity index is 1.63. The van der Waals surface area contributed by atoms with Gasteiger partial charge >= 0.3 is 12.2 Å². The number of carbonyl (C=O) groups is 2. The van der Waals surface area contributed by atoms with Gasteiger partial charge in [0, 0.05) is 32.2 Å². The van der Waals surface area contributed by atoms with Crippen LogP contribution in [-0.4, -0.2) is 65.0 Å². The van der Waals surface area contributed by atoms with E-state index in [1.54, 1.807) is 9.80 Å². The van der Waals surface area contributed by atoms with E-state index in [1.807, 2.05) is 51.1 Å². The summed E-state index contributed by atoms with van der Waals surface area (Å²) in [6.45, 7) is 7.15. The Morgan fingerprint density at radius 1 is 1.14 bits per heavy atom. The molecule has 2 fully saturated rings. The quantitative estimate of drug-likeness (QED) is 0.859. The molecule has 7 nitrogen and oxygen atoms in total. The largest absolute Gasteiger partial charge is 0.445 e. The molecule has 2 aliphatic heterocycles. The summed E-state index contributed by atoms with van der Waals surface area (Å²) in [6.07, 6.45) is -0.0350. The number of aliphatic hydroxyl groups excluding tert-OH is 1. The maximum atomic E-state index is 12.7. The molecule has 154 valence electrons. The zero-order chi connectivity index (χ0) is 20.3. The van der Waals surface area contributed by atoms with Crippen LogP contribution in [0.4, 0.5) is 9.59 Å². The summed E-state index contributed by atoms with van der Waals surface area (Å²) in [7, 11) is 0.